The average Bonchev–Trinajstić information content (AvgIpc) is 3.23. The van der Waals surface area contributed by atoms with Crippen molar-refractivity contribution >= 4 is 33.1 Å². The number of aromatic hydroxyl groups is 1. The highest BCUT2D eigenvalue weighted by molar-refractivity contribution is 7.21. The number of benzene rings is 3. The summed E-state index contributed by atoms with van der Waals surface area (Å²) in [5.74, 6) is 0.898. The molecular formula is C23H20N2O5S. The molecule has 0 unspecified atom stereocenters. The minimum atomic E-state index is -0.361. The summed E-state index contributed by atoms with van der Waals surface area (Å²) in [6, 6.07) is 15.8. The minimum absolute atomic E-state index is 0.0878. The van der Waals surface area contributed by atoms with E-state index in [1.807, 2.05) is 24.3 Å². The number of para-hydroxylation sites is 1. The van der Waals surface area contributed by atoms with Gasteiger partial charge in [-0.05, 0) is 42.5 Å². The summed E-state index contributed by atoms with van der Waals surface area (Å²) in [6.07, 6.45) is 0. The smallest absolute Gasteiger partial charge is 0.255 e. The molecule has 0 spiro atoms. The highest BCUT2D eigenvalue weighted by Gasteiger charge is 2.18. The molecule has 4 rings (SSSR count). The number of phenolic OH excluding ortho intramolecular Hbond substituents is 1. The van der Waals surface area contributed by atoms with E-state index in [2.05, 4.69) is 10.3 Å². The maximum Gasteiger partial charge on any atom is 0.255 e. The van der Waals surface area contributed by atoms with Crippen molar-refractivity contribution in [2.24, 2.45) is 0 Å². The predicted molar refractivity (Wildman–Crippen MR) is 121 cm³/mol. The Morgan fingerprint density at radius 3 is 2.32 bits per heavy atom. The van der Waals surface area contributed by atoms with Crippen molar-refractivity contribution in [3.63, 3.8) is 0 Å². The van der Waals surface area contributed by atoms with Gasteiger partial charge in [0.25, 0.3) is 5.91 Å². The molecule has 1 amide bonds. The van der Waals surface area contributed by atoms with Crippen LogP contribution in [0.5, 0.6) is 23.0 Å². The summed E-state index contributed by atoms with van der Waals surface area (Å²) in [4.78, 5) is 17.5. The number of carbonyl (C=O) groups is 1. The van der Waals surface area contributed by atoms with Crippen molar-refractivity contribution in [3.05, 3.63) is 60.2 Å². The first-order valence-electron chi connectivity index (χ1n) is 9.34. The molecule has 31 heavy (non-hydrogen) atoms. The van der Waals surface area contributed by atoms with Crippen LogP contribution in [0.2, 0.25) is 0 Å². The van der Waals surface area contributed by atoms with E-state index < -0.39 is 0 Å². The number of ether oxygens (including phenoxy) is 3. The lowest BCUT2D eigenvalue weighted by atomic mass is 10.1. The van der Waals surface area contributed by atoms with Crippen molar-refractivity contribution in [1.29, 1.82) is 0 Å². The first-order valence-corrected chi connectivity index (χ1v) is 10.2. The van der Waals surface area contributed by atoms with E-state index >= 15 is 0 Å². The molecule has 0 atom stereocenters. The van der Waals surface area contributed by atoms with Crippen LogP contribution >= 0.6 is 11.3 Å². The number of phenols is 1. The van der Waals surface area contributed by atoms with Crippen molar-refractivity contribution in [2.75, 3.05) is 26.6 Å². The van der Waals surface area contributed by atoms with Crippen LogP contribution in [0.4, 0.5) is 5.69 Å². The van der Waals surface area contributed by atoms with Gasteiger partial charge in [0.05, 0.1) is 37.1 Å². The fraction of sp³-hybridized carbons (Fsp3) is 0.130. The number of anilines is 1. The van der Waals surface area contributed by atoms with Crippen molar-refractivity contribution in [2.45, 2.75) is 0 Å². The molecule has 0 saturated heterocycles. The number of amides is 1. The van der Waals surface area contributed by atoms with Gasteiger partial charge in [-0.15, -0.1) is 11.3 Å². The molecule has 1 aromatic heterocycles. The first kappa shape index (κ1) is 20.5. The minimum Gasteiger partial charge on any atom is -0.507 e. The predicted octanol–water partition coefficient (Wildman–Crippen LogP) is 4.95. The van der Waals surface area contributed by atoms with E-state index in [1.54, 1.807) is 24.3 Å². The van der Waals surface area contributed by atoms with Crippen LogP contribution in [0, 0.1) is 0 Å². The van der Waals surface area contributed by atoms with Crippen molar-refractivity contribution < 1.29 is 24.1 Å². The summed E-state index contributed by atoms with van der Waals surface area (Å²) < 4.78 is 16.9. The average molecular weight is 436 g/mol. The molecule has 4 aromatic rings. The molecule has 0 aliphatic rings. The van der Waals surface area contributed by atoms with Gasteiger partial charge in [-0.1, -0.05) is 12.1 Å². The Morgan fingerprint density at radius 1 is 0.968 bits per heavy atom. The van der Waals surface area contributed by atoms with Gasteiger partial charge in [-0.3, -0.25) is 4.79 Å². The maximum atomic E-state index is 12.9. The molecule has 0 aliphatic heterocycles. The van der Waals surface area contributed by atoms with Gasteiger partial charge in [0, 0.05) is 11.3 Å². The standard InChI is InChI=1S/C23H20N2O5S/c1-28-18-10-13(11-19(29-2)21(18)30-3)22(27)24-14-8-9-17(26)15(12-14)23-25-16-6-4-5-7-20(16)31-23/h4-12,26H,1-3H3,(H,24,27). The molecule has 8 heteroatoms. The van der Waals surface area contributed by atoms with E-state index in [1.165, 1.54) is 38.7 Å². The molecular weight excluding hydrogens is 416 g/mol. The van der Waals surface area contributed by atoms with Crippen LogP contribution in [0.15, 0.2) is 54.6 Å². The zero-order valence-electron chi connectivity index (χ0n) is 17.1. The Labute approximate surface area is 182 Å². The summed E-state index contributed by atoms with van der Waals surface area (Å²) in [5.41, 5.74) is 2.26. The highest BCUT2D eigenvalue weighted by atomic mass is 32.1. The Hall–Kier alpha value is -3.78. The molecule has 0 bridgehead atoms. The zero-order valence-corrected chi connectivity index (χ0v) is 17.9. The number of nitrogens with one attached hydrogen (secondary N) is 1. The number of hydrogen-bond donors (Lipinski definition) is 2. The van der Waals surface area contributed by atoms with E-state index in [0.717, 1.165) is 10.2 Å². The quantitative estimate of drug-likeness (QED) is 0.416. The van der Waals surface area contributed by atoms with E-state index in [-0.39, 0.29) is 11.7 Å². The Morgan fingerprint density at radius 2 is 1.68 bits per heavy atom. The fourth-order valence-electron chi connectivity index (χ4n) is 3.19. The van der Waals surface area contributed by atoms with Crippen LogP contribution < -0.4 is 19.5 Å². The van der Waals surface area contributed by atoms with Crippen molar-refractivity contribution in [3.8, 4) is 33.6 Å². The molecule has 1 heterocycles. The molecule has 158 valence electrons. The highest BCUT2D eigenvalue weighted by Crippen LogP contribution is 2.39. The molecule has 7 nitrogen and oxygen atoms in total. The number of rotatable bonds is 6. The molecule has 0 aliphatic carbocycles. The second-order valence-electron chi connectivity index (χ2n) is 6.59. The third kappa shape index (κ3) is 3.97. The normalized spacial score (nSPS) is 10.7. The van der Waals surface area contributed by atoms with Gasteiger partial charge in [-0.2, -0.15) is 0 Å². The molecule has 3 aromatic carbocycles. The monoisotopic (exact) mass is 436 g/mol. The fourth-order valence-corrected chi connectivity index (χ4v) is 4.18. The summed E-state index contributed by atoms with van der Waals surface area (Å²) in [7, 11) is 4.48. The van der Waals surface area contributed by atoms with Gasteiger partial charge in [0.15, 0.2) is 11.5 Å². The van der Waals surface area contributed by atoms with Gasteiger partial charge in [-0.25, -0.2) is 4.98 Å². The number of thiazole rings is 1. The van der Waals surface area contributed by atoms with Crippen LogP contribution in [0.3, 0.4) is 0 Å². The molecule has 0 radical (unpaired) electrons. The molecule has 0 fully saturated rings. The number of hydrogen-bond acceptors (Lipinski definition) is 7. The van der Waals surface area contributed by atoms with Gasteiger partial charge < -0.3 is 24.6 Å². The van der Waals surface area contributed by atoms with Gasteiger partial charge in [0.1, 0.15) is 10.8 Å². The number of carbonyl (C=O) groups excluding carboxylic acids is 1. The van der Waals surface area contributed by atoms with Gasteiger partial charge in [0.2, 0.25) is 5.75 Å². The lowest BCUT2D eigenvalue weighted by Crippen LogP contribution is -2.12. The van der Waals surface area contributed by atoms with Crippen molar-refractivity contribution in [1.82, 2.24) is 4.98 Å². The van der Waals surface area contributed by atoms with Crippen LogP contribution in [-0.4, -0.2) is 37.3 Å². The lowest BCUT2D eigenvalue weighted by Gasteiger charge is -2.14. The van der Waals surface area contributed by atoms with E-state index in [0.29, 0.717) is 39.1 Å². The first-order chi connectivity index (χ1) is 15.0. The van der Waals surface area contributed by atoms with E-state index in [4.69, 9.17) is 14.2 Å². The van der Waals surface area contributed by atoms with Crippen LogP contribution in [0.25, 0.3) is 20.8 Å². The van der Waals surface area contributed by atoms with Crippen LogP contribution in [-0.2, 0) is 0 Å². The Balaban J connectivity index is 1.66. The second kappa shape index (κ2) is 8.53. The zero-order chi connectivity index (χ0) is 22.0. The number of aromatic nitrogens is 1. The SMILES string of the molecule is COc1cc(C(=O)Nc2ccc(O)c(-c3nc4ccccc4s3)c2)cc(OC)c1OC. The van der Waals surface area contributed by atoms with Gasteiger partial charge >= 0.3 is 0 Å². The third-order valence-corrected chi connectivity index (χ3v) is 5.78. The van der Waals surface area contributed by atoms with Crippen LogP contribution in [0.1, 0.15) is 10.4 Å². The topological polar surface area (TPSA) is 89.9 Å². The Kier molecular flexibility index (Phi) is 5.64. The second-order valence-corrected chi connectivity index (χ2v) is 7.62. The number of methoxy groups -OCH3 is 3. The van der Waals surface area contributed by atoms with E-state index in [9.17, 15) is 9.90 Å². The summed E-state index contributed by atoms with van der Waals surface area (Å²) in [6.45, 7) is 0. The summed E-state index contributed by atoms with van der Waals surface area (Å²) in [5, 5.41) is 13.9. The summed E-state index contributed by atoms with van der Waals surface area (Å²) >= 11 is 1.47. The number of fused-ring (bicyclic) bond motifs is 1. The molecule has 2 N–H and O–H groups in total. The molecule has 0 saturated carbocycles. The maximum absolute atomic E-state index is 12.9. The largest absolute Gasteiger partial charge is 0.507 e. The third-order valence-electron chi connectivity index (χ3n) is 4.71. The Bertz CT molecular complexity index is 1210. The lowest BCUT2D eigenvalue weighted by molar-refractivity contribution is 0.102. The number of nitrogens with zero attached hydrogens (tertiary/aromatic N) is 1.